The molecule has 0 atom stereocenters. The van der Waals surface area contributed by atoms with Crippen molar-refractivity contribution in [1.82, 2.24) is 0 Å². The summed E-state index contributed by atoms with van der Waals surface area (Å²) < 4.78 is 0. The molecule has 2 fully saturated rings. The topological polar surface area (TPSA) is 0 Å². The van der Waals surface area contributed by atoms with Crippen molar-refractivity contribution in [2.75, 3.05) is 0 Å². The first-order valence-corrected chi connectivity index (χ1v) is 9.19. The first-order chi connectivity index (χ1) is 9.19. The van der Waals surface area contributed by atoms with Gasteiger partial charge in [0.2, 0.25) is 0 Å². The van der Waals surface area contributed by atoms with Crippen molar-refractivity contribution in [2.45, 2.75) is 98.3 Å². The van der Waals surface area contributed by atoms with E-state index < -0.39 is 0 Å². The molecule has 0 aromatic heterocycles. The number of rotatable bonds is 3. The van der Waals surface area contributed by atoms with Gasteiger partial charge in [0, 0.05) is 0 Å². The second-order valence-electron chi connectivity index (χ2n) is 7.24. The van der Waals surface area contributed by atoms with Crippen LogP contribution in [0.2, 0.25) is 0 Å². The van der Waals surface area contributed by atoms with Crippen LogP contribution in [0.3, 0.4) is 0 Å². The maximum Gasteiger partial charge on any atom is -0.0417 e. The molecule has 0 aromatic carbocycles. The van der Waals surface area contributed by atoms with Gasteiger partial charge in [0.1, 0.15) is 0 Å². The minimum absolute atomic E-state index is 1.02. The Balaban J connectivity index is 0.000000191. The zero-order valence-corrected chi connectivity index (χ0v) is 14.1. The lowest BCUT2D eigenvalue weighted by Gasteiger charge is -2.26. The van der Waals surface area contributed by atoms with Gasteiger partial charge in [-0.25, -0.2) is 0 Å². The molecule has 0 N–H and O–H groups in total. The maximum absolute atomic E-state index is 2.38. The third-order valence-electron chi connectivity index (χ3n) is 5.83. The standard InChI is InChI=1S/C10H20.C9H18/c1-3-9-5-7-10(4-2)8-6-9;1-3-9-6-4-8(2)5-7-9/h9-10H,3-8H2,1-2H3;8-9H,3-7H2,1-2H3. The molecule has 0 unspecified atom stereocenters. The van der Waals surface area contributed by atoms with Crippen molar-refractivity contribution >= 4 is 0 Å². The maximum atomic E-state index is 2.38. The van der Waals surface area contributed by atoms with E-state index in [2.05, 4.69) is 27.7 Å². The summed E-state index contributed by atoms with van der Waals surface area (Å²) in [6.45, 7) is 9.36. The lowest BCUT2D eigenvalue weighted by atomic mass is 9.80. The molecule has 0 spiro atoms. The fourth-order valence-electron chi connectivity index (χ4n) is 3.79. The van der Waals surface area contributed by atoms with Gasteiger partial charge in [-0.1, -0.05) is 98.3 Å². The van der Waals surface area contributed by atoms with Gasteiger partial charge >= 0.3 is 0 Å². The van der Waals surface area contributed by atoms with E-state index in [4.69, 9.17) is 0 Å². The van der Waals surface area contributed by atoms with E-state index in [1.807, 2.05) is 0 Å². The van der Waals surface area contributed by atoms with Crippen LogP contribution in [0, 0.1) is 23.7 Å². The second kappa shape index (κ2) is 9.83. The highest BCUT2D eigenvalue weighted by Gasteiger charge is 2.18. The summed E-state index contributed by atoms with van der Waals surface area (Å²) in [5, 5.41) is 0. The van der Waals surface area contributed by atoms with Crippen LogP contribution in [0.4, 0.5) is 0 Å². The zero-order chi connectivity index (χ0) is 14.1. The molecule has 0 bridgehead atoms. The minimum Gasteiger partial charge on any atom is -0.0651 e. The third-order valence-corrected chi connectivity index (χ3v) is 5.83. The van der Waals surface area contributed by atoms with Crippen molar-refractivity contribution in [3.8, 4) is 0 Å². The Morgan fingerprint density at radius 3 is 1.05 bits per heavy atom. The van der Waals surface area contributed by atoms with Crippen LogP contribution >= 0.6 is 0 Å². The summed E-state index contributed by atoms with van der Waals surface area (Å²) in [5.74, 6) is 4.24. The molecule has 0 aromatic rings. The summed E-state index contributed by atoms with van der Waals surface area (Å²) in [7, 11) is 0. The average molecular weight is 267 g/mol. The third kappa shape index (κ3) is 6.82. The van der Waals surface area contributed by atoms with E-state index in [9.17, 15) is 0 Å². The molecule has 0 heterocycles. The largest absolute Gasteiger partial charge is 0.0651 e. The van der Waals surface area contributed by atoms with Gasteiger partial charge in [-0.05, 0) is 23.7 Å². The number of hydrogen-bond donors (Lipinski definition) is 0. The van der Waals surface area contributed by atoms with Gasteiger partial charge in [0.15, 0.2) is 0 Å². The van der Waals surface area contributed by atoms with Gasteiger partial charge in [-0.15, -0.1) is 0 Å². The van der Waals surface area contributed by atoms with Crippen molar-refractivity contribution < 1.29 is 0 Å². The van der Waals surface area contributed by atoms with Crippen LogP contribution < -0.4 is 0 Å². The molecule has 2 aliphatic carbocycles. The van der Waals surface area contributed by atoms with E-state index in [1.54, 1.807) is 0 Å². The Morgan fingerprint density at radius 1 is 0.526 bits per heavy atom. The fraction of sp³-hybridized carbons (Fsp3) is 1.00. The summed E-state index contributed by atoms with van der Waals surface area (Å²) in [6.07, 6.45) is 16.2. The van der Waals surface area contributed by atoms with E-state index in [-0.39, 0.29) is 0 Å². The molecule has 0 nitrogen and oxygen atoms in total. The summed E-state index contributed by atoms with van der Waals surface area (Å²) in [6, 6.07) is 0. The Labute approximate surface area is 122 Å². The normalized spacial score (nSPS) is 35.4. The summed E-state index contributed by atoms with van der Waals surface area (Å²) in [5.41, 5.74) is 0. The van der Waals surface area contributed by atoms with Crippen molar-refractivity contribution in [3.05, 3.63) is 0 Å². The predicted octanol–water partition coefficient (Wildman–Crippen LogP) is 6.84. The number of hydrogen-bond acceptors (Lipinski definition) is 0. The van der Waals surface area contributed by atoms with Crippen LogP contribution in [-0.4, -0.2) is 0 Å². The Hall–Kier alpha value is 0. The quantitative estimate of drug-likeness (QED) is 0.525. The summed E-state index contributed by atoms with van der Waals surface area (Å²) in [4.78, 5) is 0. The molecule has 0 saturated heterocycles. The summed E-state index contributed by atoms with van der Waals surface area (Å²) >= 11 is 0. The second-order valence-corrected chi connectivity index (χ2v) is 7.24. The van der Waals surface area contributed by atoms with Gasteiger partial charge in [0.05, 0.1) is 0 Å². The molecule has 2 aliphatic rings. The SMILES string of the molecule is CCC1CCC(C)CC1.CCC1CCC(CC)CC1. The predicted molar refractivity (Wildman–Crippen MR) is 87.4 cm³/mol. The Kier molecular flexibility index (Phi) is 8.83. The lowest BCUT2D eigenvalue weighted by molar-refractivity contribution is 0.264. The molecular weight excluding hydrogens is 228 g/mol. The zero-order valence-electron chi connectivity index (χ0n) is 14.1. The fourth-order valence-corrected chi connectivity index (χ4v) is 3.79. The van der Waals surface area contributed by atoms with Crippen LogP contribution in [0.5, 0.6) is 0 Å². The van der Waals surface area contributed by atoms with Crippen LogP contribution in [-0.2, 0) is 0 Å². The molecule has 114 valence electrons. The van der Waals surface area contributed by atoms with E-state index >= 15 is 0 Å². The monoisotopic (exact) mass is 266 g/mol. The highest BCUT2D eigenvalue weighted by molar-refractivity contribution is 4.70. The van der Waals surface area contributed by atoms with Crippen molar-refractivity contribution in [1.29, 1.82) is 0 Å². The van der Waals surface area contributed by atoms with Crippen LogP contribution in [0.25, 0.3) is 0 Å². The first-order valence-electron chi connectivity index (χ1n) is 9.19. The smallest absolute Gasteiger partial charge is 0.0417 e. The molecule has 0 heteroatoms. The molecular formula is C19H38. The van der Waals surface area contributed by atoms with Gasteiger partial charge in [0.25, 0.3) is 0 Å². The molecule has 0 aliphatic heterocycles. The molecule has 0 radical (unpaired) electrons. The Morgan fingerprint density at radius 2 is 0.789 bits per heavy atom. The lowest BCUT2D eigenvalue weighted by Crippen LogP contribution is -2.12. The highest BCUT2D eigenvalue weighted by atomic mass is 14.2. The average Bonchev–Trinajstić information content (AvgIpc) is 2.49. The first kappa shape index (κ1) is 17.1. The van der Waals surface area contributed by atoms with E-state index in [0.717, 1.165) is 23.7 Å². The molecule has 2 rings (SSSR count). The van der Waals surface area contributed by atoms with Gasteiger partial charge in [-0.2, -0.15) is 0 Å². The van der Waals surface area contributed by atoms with E-state index in [0.29, 0.717) is 0 Å². The van der Waals surface area contributed by atoms with Crippen LogP contribution in [0.1, 0.15) is 98.3 Å². The van der Waals surface area contributed by atoms with Crippen molar-refractivity contribution in [2.24, 2.45) is 23.7 Å². The Bertz CT molecular complexity index is 180. The van der Waals surface area contributed by atoms with Crippen molar-refractivity contribution in [3.63, 3.8) is 0 Å². The highest BCUT2D eigenvalue weighted by Crippen LogP contribution is 2.32. The molecule has 19 heavy (non-hydrogen) atoms. The van der Waals surface area contributed by atoms with Crippen LogP contribution in [0.15, 0.2) is 0 Å². The minimum atomic E-state index is 1.02. The van der Waals surface area contributed by atoms with E-state index in [1.165, 1.54) is 70.6 Å². The van der Waals surface area contributed by atoms with Gasteiger partial charge in [-0.3, -0.25) is 0 Å². The van der Waals surface area contributed by atoms with Gasteiger partial charge < -0.3 is 0 Å². The molecule has 0 amide bonds. The molecule has 2 saturated carbocycles.